The van der Waals surface area contributed by atoms with Gasteiger partial charge in [-0.05, 0) is 31.1 Å². The van der Waals surface area contributed by atoms with Crippen LogP contribution in [0.25, 0.3) is 0 Å². The van der Waals surface area contributed by atoms with Crippen LogP contribution < -0.4 is 0 Å². The SMILES string of the molecule is CCC(O)COCC1CC=CCC1COCC1CO1. The van der Waals surface area contributed by atoms with Crippen molar-refractivity contribution < 1.29 is 19.3 Å². The molecule has 2 rings (SSSR count). The Morgan fingerprint density at radius 2 is 1.79 bits per heavy atom. The van der Waals surface area contributed by atoms with Crippen LogP contribution in [0.2, 0.25) is 0 Å². The van der Waals surface area contributed by atoms with Gasteiger partial charge in [0.2, 0.25) is 0 Å². The summed E-state index contributed by atoms with van der Waals surface area (Å²) < 4.78 is 16.5. The molecule has 0 aromatic heterocycles. The number of rotatable bonds is 9. The fourth-order valence-electron chi connectivity index (χ4n) is 2.32. The molecule has 1 saturated heterocycles. The fourth-order valence-corrected chi connectivity index (χ4v) is 2.32. The van der Waals surface area contributed by atoms with Gasteiger partial charge in [0.15, 0.2) is 0 Å². The zero-order chi connectivity index (χ0) is 13.5. The van der Waals surface area contributed by atoms with E-state index in [4.69, 9.17) is 14.2 Å². The van der Waals surface area contributed by atoms with E-state index in [9.17, 15) is 5.11 Å². The number of allylic oxidation sites excluding steroid dienone is 2. The van der Waals surface area contributed by atoms with Crippen LogP contribution >= 0.6 is 0 Å². The monoisotopic (exact) mass is 270 g/mol. The molecule has 0 spiro atoms. The summed E-state index contributed by atoms with van der Waals surface area (Å²) in [7, 11) is 0. The van der Waals surface area contributed by atoms with Crippen molar-refractivity contribution >= 4 is 0 Å². The summed E-state index contributed by atoms with van der Waals surface area (Å²) in [4.78, 5) is 0. The first kappa shape index (κ1) is 15.0. The second-order valence-electron chi connectivity index (χ2n) is 5.56. The van der Waals surface area contributed by atoms with Crippen LogP contribution in [0.1, 0.15) is 26.2 Å². The minimum absolute atomic E-state index is 0.333. The zero-order valence-electron chi connectivity index (χ0n) is 11.8. The molecule has 1 heterocycles. The lowest BCUT2D eigenvalue weighted by Crippen LogP contribution is -2.28. The van der Waals surface area contributed by atoms with Gasteiger partial charge >= 0.3 is 0 Å². The van der Waals surface area contributed by atoms with Gasteiger partial charge in [-0.2, -0.15) is 0 Å². The molecule has 1 fully saturated rings. The number of hydrogen-bond acceptors (Lipinski definition) is 4. The molecular formula is C15H26O4. The molecule has 1 aliphatic carbocycles. The summed E-state index contributed by atoms with van der Waals surface area (Å²) in [6, 6.07) is 0. The maximum Gasteiger partial charge on any atom is 0.104 e. The molecule has 0 aromatic rings. The van der Waals surface area contributed by atoms with Gasteiger partial charge in [0.05, 0.1) is 39.1 Å². The third-order valence-electron chi connectivity index (χ3n) is 3.86. The molecule has 0 aromatic carbocycles. The van der Waals surface area contributed by atoms with Crippen molar-refractivity contribution in [3.8, 4) is 0 Å². The second-order valence-corrected chi connectivity index (χ2v) is 5.56. The van der Waals surface area contributed by atoms with E-state index in [-0.39, 0.29) is 6.10 Å². The number of ether oxygens (including phenoxy) is 3. The number of hydrogen-bond donors (Lipinski definition) is 1. The van der Waals surface area contributed by atoms with Crippen molar-refractivity contribution in [2.45, 2.75) is 38.4 Å². The lowest BCUT2D eigenvalue weighted by Gasteiger charge is -2.28. The van der Waals surface area contributed by atoms with Gasteiger partial charge in [-0.3, -0.25) is 0 Å². The van der Waals surface area contributed by atoms with Crippen LogP contribution in [-0.4, -0.2) is 50.3 Å². The Bertz CT molecular complexity index is 275. The zero-order valence-corrected chi connectivity index (χ0v) is 11.8. The normalized spacial score (nSPS) is 31.4. The quantitative estimate of drug-likeness (QED) is 0.512. The van der Waals surface area contributed by atoms with Gasteiger partial charge in [-0.15, -0.1) is 0 Å². The van der Waals surface area contributed by atoms with Crippen LogP contribution in [0.5, 0.6) is 0 Å². The second kappa shape index (κ2) is 8.00. The summed E-state index contributed by atoms with van der Waals surface area (Å²) in [6.45, 7) is 5.49. The Morgan fingerprint density at radius 3 is 2.37 bits per heavy atom. The van der Waals surface area contributed by atoms with Gasteiger partial charge in [-0.1, -0.05) is 19.1 Å². The lowest BCUT2D eigenvalue weighted by molar-refractivity contribution is -0.00580. The van der Waals surface area contributed by atoms with Gasteiger partial charge in [0.25, 0.3) is 0 Å². The van der Waals surface area contributed by atoms with E-state index in [1.165, 1.54) is 0 Å². The van der Waals surface area contributed by atoms with Gasteiger partial charge < -0.3 is 19.3 Å². The minimum atomic E-state index is -0.333. The molecule has 1 N–H and O–H groups in total. The smallest absolute Gasteiger partial charge is 0.104 e. The van der Waals surface area contributed by atoms with Crippen LogP contribution in [0.3, 0.4) is 0 Å². The largest absolute Gasteiger partial charge is 0.391 e. The number of aliphatic hydroxyl groups excluding tert-OH is 1. The minimum Gasteiger partial charge on any atom is -0.391 e. The van der Waals surface area contributed by atoms with Gasteiger partial charge in [0, 0.05) is 0 Å². The Balaban J connectivity index is 1.64. The lowest BCUT2D eigenvalue weighted by atomic mass is 9.84. The topological polar surface area (TPSA) is 51.2 Å². The van der Waals surface area contributed by atoms with Crippen molar-refractivity contribution in [2.24, 2.45) is 11.8 Å². The third-order valence-corrected chi connectivity index (χ3v) is 3.86. The first-order chi connectivity index (χ1) is 9.29. The first-order valence-corrected chi connectivity index (χ1v) is 7.39. The predicted molar refractivity (Wildman–Crippen MR) is 73.0 cm³/mol. The van der Waals surface area contributed by atoms with Gasteiger partial charge in [-0.25, -0.2) is 0 Å². The highest BCUT2D eigenvalue weighted by molar-refractivity contribution is 4.94. The van der Waals surface area contributed by atoms with Crippen molar-refractivity contribution in [1.82, 2.24) is 0 Å². The Morgan fingerprint density at radius 1 is 1.16 bits per heavy atom. The van der Waals surface area contributed by atoms with E-state index in [2.05, 4.69) is 12.2 Å². The number of aliphatic hydroxyl groups is 1. The molecule has 4 nitrogen and oxygen atoms in total. The molecule has 4 heteroatoms. The van der Waals surface area contributed by atoms with Crippen LogP contribution in [0.15, 0.2) is 12.2 Å². The third kappa shape index (κ3) is 5.61. The Labute approximate surface area is 115 Å². The molecule has 0 amide bonds. The molecule has 0 bridgehead atoms. The summed E-state index contributed by atoms with van der Waals surface area (Å²) in [5.74, 6) is 1.04. The fraction of sp³-hybridized carbons (Fsp3) is 0.867. The van der Waals surface area contributed by atoms with Crippen molar-refractivity contribution in [3.63, 3.8) is 0 Å². The standard InChI is InChI=1S/C15H26O4/c1-2-14(16)9-17-7-12-5-3-4-6-13(12)8-18-10-15-11-19-15/h3-4,12-16H,2,5-11H2,1H3. The van der Waals surface area contributed by atoms with Crippen LogP contribution in [0.4, 0.5) is 0 Å². The molecule has 4 unspecified atom stereocenters. The molecule has 0 radical (unpaired) electrons. The predicted octanol–water partition coefficient (Wildman–Crippen LogP) is 1.77. The van der Waals surface area contributed by atoms with Crippen LogP contribution in [0, 0.1) is 11.8 Å². The maximum absolute atomic E-state index is 9.49. The van der Waals surface area contributed by atoms with Crippen molar-refractivity contribution in [1.29, 1.82) is 0 Å². The highest BCUT2D eigenvalue weighted by Crippen LogP contribution is 2.26. The Kier molecular flexibility index (Phi) is 6.31. The Hall–Kier alpha value is -0.420. The summed E-state index contributed by atoms with van der Waals surface area (Å²) in [6.07, 6.45) is 7.34. The number of epoxide rings is 1. The molecule has 0 saturated carbocycles. The molecule has 2 aliphatic rings. The van der Waals surface area contributed by atoms with E-state index in [0.717, 1.165) is 45.7 Å². The van der Waals surface area contributed by atoms with E-state index >= 15 is 0 Å². The molecule has 110 valence electrons. The van der Waals surface area contributed by atoms with E-state index in [1.54, 1.807) is 0 Å². The molecular weight excluding hydrogens is 244 g/mol. The maximum atomic E-state index is 9.49. The molecule has 4 atom stereocenters. The first-order valence-electron chi connectivity index (χ1n) is 7.39. The average Bonchev–Trinajstić information content (AvgIpc) is 3.24. The van der Waals surface area contributed by atoms with Crippen molar-refractivity contribution in [2.75, 3.05) is 33.0 Å². The van der Waals surface area contributed by atoms with E-state index in [1.807, 2.05) is 6.92 Å². The summed E-state index contributed by atoms with van der Waals surface area (Å²) >= 11 is 0. The van der Waals surface area contributed by atoms with Crippen LogP contribution in [-0.2, 0) is 14.2 Å². The molecule has 1 aliphatic heterocycles. The van der Waals surface area contributed by atoms with E-state index < -0.39 is 0 Å². The van der Waals surface area contributed by atoms with Gasteiger partial charge in [0.1, 0.15) is 6.10 Å². The van der Waals surface area contributed by atoms with Crippen molar-refractivity contribution in [3.05, 3.63) is 12.2 Å². The summed E-state index contributed by atoms with van der Waals surface area (Å²) in [5.41, 5.74) is 0. The summed E-state index contributed by atoms with van der Waals surface area (Å²) in [5, 5.41) is 9.49. The highest BCUT2D eigenvalue weighted by Gasteiger charge is 2.26. The highest BCUT2D eigenvalue weighted by atomic mass is 16.6. The van der Waals surface area contributed by atoms with E-state index in [0.29, 0.717) is 24.5 Å². The molecule has 19 heavy (non-hydrogen) atoms. The average molecular weight is 270 g/mol.